The van der Waals surface area contributed by atoms with Gasteiger partial charge >= 0.3 is 0 Å². The van der Waals surface area contributed by atoms with Crippen LogP contribution in [0.5, 0.6) is 0 Å². The summed E-state index contributed by atoms with van der Waals surface area (Å²) in [5.41, 5.74) is 3.67. The Morgan fingerprint density at radius 2 is 1.59 bits per heavy atom. The number of fused-ring (bicyclic) bond motifs is 1. The van der Waals surface area contributed by atoms with Crippen molar-refractivity contribution in [1.29, 1.82) is 0 Å². The van der Waals surface area contributed by atoms with Crippen LogP contribution in [-0.2, 0) is 4.79 Å². The van der Waals surface area contributed by atoms with Crippen molar-refractivity contribution >= 4 is 22.6 Å². The molecule has 2 N–H and O–H groups in total. The lowest BCUT2D eigenvalue weighted by Crippen LogP contribution is -2.38. The first-order valence-electron chi connectivity index (χ1n) is 9.07. The smallest absolute Gasteiger partial charge is 0.251 e. The predicted octanol–water partition coefficient (Wildman–Crippen LogP) is 4.06. The van der Waals surface area contributed by atoms with Gasteiger partial charge in [-0.15, -0.1) is 0 Å². The zero-order chi connectivity index (χ0) is 19.4. The van der Waals surface area contributed by atoms with Crippen LogP contribution in [0.1, 0.15) is 40.0 Å². The molecule has 4 nitrogen and oxygen atoms in total. The second-order valence-corrected chi connectivity index (χ2v) is 6.92. The molecule has 0 radical (unpaired) electrons. The van der Waals surface area contributed by atoms with Crippen LogP contribution in [0.25, 0.3) is 10.8 Å². The van der Waals surface area contributed by atoms with Gasteiger partial charge in [0.25, 0.3) is 5.91 Å². The lowest BCUT2D eigenvalue weighted by molar-refractivity contribution is -0.120. The van der Waals surface area contributed by atoms with Crippen molar-refractivity contribution in [2.75, 3.05) is 6.54 Å². The van der Waals surface area contributed by atoms with Crippen LogP contribution in [0.2, 0.25) is 0 Å². The second kappa shape index (κ2) is 8.04. The maximum atomic E-state index is 12.3. The summed E-state index contributed by atoms with van der Waals surface area (Å²) in [6.45, 7) is 5.79. The van der Waals surface area contributed by atoms with Gasteiger partial charge in [0.1, 0.15) is 0 Å². The van der Waals surface area contributed by atoms with Crippen molar-refractivity contribution in [2.45, 2.75) is 26.8 Å². The molecule has 0 aliphatic rings. The Hall–Kier alpha value is -3.14. The number of carbonyl (C=O) groups is 2. The predicted molar refractivity (Wildman–Crippen MR) is 109 cm³/mol. The lowest BCUT2D eigenvalue weighted by Gasteiger charge is -2.17. The first kappa shape index (κ1) is 18.6. The van der Waals surface area contributed by atoms with Crippen LogP contribution in [0.3, 0.4) is 0 Å². The fourth-order valence-corrected chi connectivity index (χ4v) is 3.37. The Labute approximate surface area is 159 Å². The normalized spacial score (nSPS) is 11.8. The molecule has 0 fully saturated rings. The fraction of sp³-hybridized carbons (Fsp3) is 0.217. The molecule has 0 aromatic heterocycles. The topological polar surface area (TPSA) is 58.2 Å². The average molecular weight is 360 g/mol. The summed E-state index contributed by atoms with van der Waals surface area (Å²) in [5, 5.41) is 7.92. The van der Waals surface area contributed by atoms with Crippen molar-refractivity contribution in [1.82, 2.24) is 10.6 Å². The Bertz CT molecular complexity index is 969. The van der Waals surface area contributed by atoms with E-state index in [2.05, 4.69) is 28.8 Å². The molecule has 1 atom stereocenters. The molecular weight excluding hydrogens is 336 g/mol. The molecule has 4 heteroatoms. The zero-order valence-electron chi connectivity index (χ0n) is 15.9. The van der Waals surface area contributed by atoms with Crippen LogP contribution in [0, 0.1) is 13.8 Å². The Kier molecular flexibility index (Phi) is 5.55. The summed E-state index contributed by atoms with van der Waals surface area (Å²) < 4.78 is 0. The molecule has 2 amide bonds. The van der Waals surface area contributed by atoms with Gasteiger partial charge in [0.15, 0.2) is 0 Å². The third-order valence-corrected chi connectivity index (χ3v) is 4.56. The molecule has 3 aromatic carbocycles. The highest BCUT2D eigenvalue weighted by molar-refractivity contribution is 5.97. The van der Waals surface area contributed by atoms with Gasteiger partial charge < -0.3 is 10.6 Å². The summed E-state index contributed by atoms with van der Waals surface area (Å²) >= 11 is 0. The summed E-state index contributed by atoms with van der Waals surface area (Å²) in [5.74, 6) is -0.456. The lowest BCUT2D eigenvalue weighted by atomic mass is 10.00. The number of rotatable bonds is 5. The molecule has 3 rings (SSSR count). The van der Waals surface area contributed by atoms with Crippen molar-refractivity contribution in [3.63, 3.8) is 0 Å². The average Bonchev–Trinajstić information content (AvgIpc) is 2.64. The molecule has 0 aliphatic carbocycles. The van der Waals surface area contributed by atoms with E-state index in [1.165, 1.54) is 0 Å². The SMILES string of the molecule is Cc1cc(C)cc(C(=O)NCC(=O)NC(C)c2cccc3ccccc23)c1. The Morgan fingerprint density at radius 1 is 0.926 bits per heavy atom. The quantitative estimate of drug-likeness (QED) is 0.721. The summed E-state index contributed by atoms with van der Waals surface area (Å²) in [7, 11) is 0. The van der Waals surface area contributed by atoms with Gasteiger partial charge in [-0.05, 0) is 49.2 Å². The highest BCUT2D eigenvalue weighted by Crippen LogP contribution is 2.23. The van der Waals surface area contributed by atoms with E-state index in [1.807, 2.05) is 63.2 Å². The molecule has 138 valence electrons. The number of aryl methyl sites for hydroxylation is 2. The fourth-order valence-electron chi connectivity index (χ4n) is 3.37. The van der Waals surface area contributed by atoms with Crippen molar-refractivity contribution in [2.24, 2.45) is 0 Å². The molecule has 0 spiro atoms. The summed E-state index contributed by atoms with van der Waals surface area (Å²) in [6.07, 6.45) is 0. The molecule has 3 aromatic rings. The van der Waals surface area contributed by atoms with Gasteiger partial charge in [0.2, 0.25) is 5.91 Å². The maximum Gasteiger partial charge on any atom is 0.251 e. The van der Waals surface area contributed by atoms with E-state index in [0.717, 1.165) is 27.5 Å². The standard InChI is InChI=1S/C23H24N2O2/c1-15-11-16(2)13-19(12-15)23(27)24-14-22(26)25-17(3)20-10-6-8-18-7-4-5-9-21(18)20/h4-13,17H,14H2,1-3H3,(H,24,27)(H,25,26). The van der Waals surface area contributed by atoms with Crippen LogP contribution >= 0.6 is 0 Å². The first-order chi connectivity index (χ1) is 12.9. The van der Waals surface area contributed by atoms with Gasteiger partial charge in [-0.1, -0.05) is 59.7 Å². The van der Waals surface area contributed by atoms with E-state index in [1.54, 1.807) is 0 Å². The number of amides is 2. The number of benzene rings is 3. The number of carbonyl (C=O) groups excluding carboxylic acids is 2. The van der Waals surface area contributed by atoms with E-state index < -0.39 is 0 Å². The highest BCUT2D eigenvalue weighted by Gasteiger charge is 2.14. The largest absolute Gasteiger partial charge is 0.348 e. The number of nitrogens with one attached hydrogen (secondary N) is 2. The second-order valence-electron chi connectivity index (χ2n) is 6.92. The van der Waals surface area contributed by atoms with E-state index in [4.69, 9.17) is 0 Å². The molecule has 27 heavy (non-hydrogen) atoms. The maximum absolute atomic E-state index is 12.3. The minimum absolute atomic E-state index is 0.0546. The van der Waals surface area contributed by atoms with Crippen LogP contribution in [0.15, 0.2) is 60.7 Å². The molecule has 0 saturated carbocycles. The Morgan fingerprint density at radius 3 is 2.33 bits per heavy atom. The van der Waals surface area contributed by atoms with Crippen molar-refractivity contribution in [3.05, 3.63) is 82.9 Å². The Balaban J connectivity index is 1.62. The minimum Gasteiger partial charge on any atom is -0.348 e. The van der Waals surface area contributed by atoms with Crippen molar-refractivity contribution < 1.29 is 9.59 Å². The number of hydrogen-bond acceptors (Lipinski definition) is 2. The monoisotopic (exact) mass is 360 g/mol. The molecule has 1 unspecified atom stereocenters. The molecule has 0 bridgehead atoms. The highest BCUT2D eigenvalue weighted by atomic mass is 16.2. The summed E-state index contributed by atoms with van der Waals surface area (Å²) in [6, 6.07) is 19.6. The van der Waals surface area contributed by atoms with E-state index in [0.29, 0.717) is 5.56 Å². The van der Waals surface area contributed by atoms with Gasteiger partial charge in [-0.25, -0.2) is 0 Å². The molecular formula is C23H24N2O2. The van der Waals surface area contributed by atoms with Gasteiger partial charge in [-0.2, -0.15) is 0 Å². The molecule has 0 heterocycles. The van der Waals surface area contributed by atoms with E-state index >= 15 is 0 Å². The van der Waals surface area contributed by atoms with E-state index in [-0.39, 0.29) is 24.4 Å². The van der Waals surface area contributed by atoms with Crippen LogP contribution in [0.4, 0.5) is 0 Å². The third-order valence-electron chi connectivity index (χ3n) is 4.56. The molecule has 0 saturated heterocycles. The zero-order valence-corrected chi connectivity index (χ0v) is 15.9. The van der Waals surface area contributed by atoms with Gasteiger partial charge in [-0.3, -0.25) is 9.59 Å². The van der Waals surface area contributed by atoms with E-state index in [9.17, 15) is 9.59 Å². The third kappa shape index (κ3) is 4.53. The van der Waals surface area contributed by atoms with Crippen LogP contribution < -0.4 is 10.6 Å². The van der Waals surface area contributed by atoms with Gasteiger partial charge in [0.05, 0.1) is 12.6 Å². The van der Waals surface area contributed by atoms with Crippen molar-refractivity contribution in [3.8, 4) is 0 Å². The van der Waals surface area contributed by atoms with Gasteiger partial charge in [0, 0.05) is 5.56 Å². The van der Waals surface area contributed by atoms with Crippen LogP contribution in [-0.4, -0.2) is 18.4 Å². The molecule has 0 aliphatic heterocycles. The number of hydrogen-bond donors (Lipinski definition) is 2. The minimum atomic E-state index is -0.241. The first-order valence-corrected chi connectivity index (χ1v) is 9.07. The summed E-state index contributed by atoms with van der Waals surface area (Å²) in [4.78, 5) is 24.6.